The molecule has 0 aliphatic rings. The fourth-order valence-corrected chi connectivity index (χ4v) is 6.40. The van der Waals surface area contributed by atoms with Crippen molar-refractivity contribution < 1.29 is 14.3 Å². The first-order chi connectivity index (χ1) is 18.3. The van der Waals surface area contributed by atoms with Crippen LogP contribution in [0.5, 0.6) is 11.5 Å². The number of hydrogen-bond donors (Lipinski definition) is 0. The molecule has 0 aromatic heterocycles. The van der Waals surface area contributed by atoms with Gasteiger partial charge in [0.15, 0.2) is 5.78 Å². The lowest BCUT2D eigenvalue weighted by atomic mass is 9.77. The maximum absolute atomic E-state index is 14.8. The van der Waals surface area contributed by atoms with Gasteiger partial charge in [0.25, 0.3) is 0 Å². The van der Waals surface area contributed by atoms with E-state index in [0.29, 0.717) is 0 Å². The fourth-order valence-electron chi connectivity index (χ4n) is 4.66. The molecule has 4 atom stereocenters. The highest BCUT2D eigenvalue weighted by Gasteiger charge is 2.38. The average Bonchev–Trinajstić information content (AvgIpc) is 2.95. The number of methoxy groups -OCH3 is 2. The Labute approximate surface area is 242 Å². The molecule has 196 valence electrons. The molecule has 0 amide bonds. The second-order valence-electron chi connectivity index (χ2n) is 9.53. The van der Waals surface area contributed by atoms with Gasteiger partial charge in [0.05, 0.1) is 35.7 Å². The van der Waals surface area contributed by atoms with Gasteiger partial charge in [-0.1, -0.05) is 116 Å². The SMILES string of the molecule is COc1ccc(C(Br)C(C(=O)C(c2ccc(C)cc2)C(Br)c2ccc(OC)cc2)c2ccc(C)cc2)cc1. The summed E-state index contributed by atoms with van der Waals surface area (Å²) in [5.41, 5.74) is 6.30. The zero-order valence-electron chi connectivity index (χ0n) is 22.0. The van der Waals surface area contributed by atoms with Crippen molar-refractivity contribution in [3.63, 3.8) is 0 Å². The predicted octanol–water partition coefficient (Wildman–Crippen LogP) is 9.03. The molecule has 0 fully saturated rings. The van der Waals surface area contributed by atoms with E-state index < -0.39 is 11.8 Å². The van der Waals surface area contributed by atoms with Crippen LogP contribution in [0.3, 0.4) is 0 Å². The minimum Gasteiger partial charge on any atom is -0.497 e. The van der Waals surface area contributed by atoms with E-state index in [1.54, 1.807) is 14.2 Å². The molecule has 4 aromatic rings. The van der Waals surface area contributed by atoms with Crippen LogP contribution in [0.15, 0.2) is 97.1 Å². The summed E-state index contributed by atoms with van der Waals surface area (Å²) >= 11 is 7.88. The van der Waals surface area contributed by atoms with Crippen LogP contribution < -0.4 is 9.47 Å². The van der Waals surface area contributed by atoms with Gasteiger partial charge in [-0.05, 0) is 60.4 Å². The van der Waals surface area contributed by atoms with Crippen LogP contribution in [0.2, 0.25) is 0 Å². The van der Waals surface area contributed by atoms with E-state index in [9.17, 15) is 4.79 Å². The van der Waals surface area contributed by atoms with Crippen LogP contribution in [0.25, 0.3) is 0 Å². The maximum Gasteiger partial charge on any atom is 0.150 e. The van der Waals surface area contributed by atoms with E-state index in [4.69, 9.17) is 9.47 Å². The number of hydrogen-bond acceptors (Lipinski definition) is 3. The van der Waals surface area contributed by atoms with Gasteiger partial charge in [-0.2, -0.15) is 0 Å². The summed E-state index contributed by atoms with van der Waals surface area (Å²) < 4.78 is 10.7. The van der Waals surface area contributed by atoms with Crippen LogP contribution in [0, 0.1) is 13.8 Å². The number of halogens is 2. The molecule has 4 rings (SSSR count). The van der Waals surface area contributed by atoms with E-state index >= 15 is 0 Å². The molecule has 0 bridgehead atoms. The number of aryl methyl sites for hydroxylation is 2. The van der Waals surface area contributed by atoms with Crippen LogP contribution >= 0.6 is 31.9 Å². The Morgan fingerprint density at radius 3 is 1.11 bits per heavy atom. The topological polar surface area (TPSA) is 35.5 Å². The number of alkyl halides is 2. The first-order valence-corrected chi connectivity index (χ1v) is 14.4. The van der Waals surface area contributed by atoms with Gasteiger partial charge in [0.1, 0.15) is 11.5 Å². The van der Waals surface area contributed by atoms with Crippen molar-refractivity contribution in [3.05, 3.63) is 130 Å². The Morgan fingerprint density at radius 1 is 0.526 bits per heavy atom. The zero-order valence-corrected chi connectivity index (χ0v) is 25.2. The third-order valence-electron chi connectivity index (χ3n) is 6.94. The van der Waals surface area contributed by atoms with Crippen molar-refractivity contribution in [2.24, 2.45) is 0 Å². The van der Waals surface area contributed by atoms with Crippen LogP contribution in [-0.2, 0) is 4.79 Å². The Kier molecular flexibility index (Phi) is 9.45. The molecule has 0 saturated carbocycles. The van der Waals surface area contributed by atoms with Crippen molar-refractivity contribution in [3.8, 4) is 11.5 Å². The van der Waals surface area contributed by atoms with Crippen LogP contribution in [0.1, 0.15) is 54.9 Å². The molecule has 38 heavy (non-hydrogen) atoms. The lowest BCUT2D eigenvalue weighted by Gasteiger charge is -2.30. The third-order valence-corrected chi connectivity index (χ3v) is 9.05. The first-order valence-electron chi connectivity index (χ1n) is 12.5. The Bertz CT molecular complexity index is 1230. The van der Waals surface area contributed by atoms with Gasteiger partial charge >= 0.3 is 0 Å². The van der Waals surface area contributed by atoms with Crippen molar-refractivity contribution in [1.82, 2.24) is 0 Å². The zero-order chi connectivity index (χ0) is 27.2. The molecule has 5 heteroatoms. The molecular weight excluding hydrogens is 604 g/mol. The van der Waals surface area contributed by atoms with Crippen molar-refractivity contribution in [2.75, 3.05) is 14.2 Å². The largest absolute Gasteiger partial charge is 0.497 e. The summed E-state index contributed by atoms with van der Waals surface area (Å²) in [6.45, 7) is 4.12. The number of ketones is 1. The lowest BCUT2D eigenvalue weighted by Crippen LogP contribution is -2.26. The third kappa shape index (κ3) is 6.39. The summed E-state index contributed by atoms with van der Waals surface area (Å²) in [4.78, 5) is 14.3. The smallest absolute Gasteiger partial charge is 0.150 e. The number of carbonyl (C=O) groups excluding carboxylic acids is 1. The normalized spacial score (nSPS) is 14.3. The molecule has 0 aliphatic heterocycles. The van der Waals surface area contributed by atoms with Gasteiger partial charge in [0, 0.05) is 0 Å². The van der Waals surface area contributed by atoms with Gasteiger partial charge < -0.3 is 9.47 Å². The van der Waals surface area contributed by atoms with E-state index in [0.717, 1.165) is 44.9 Å². The number of Topliss-reactive ketones (excluding diaryl/α,β-unsaturated/α-hetero) is 1. The second kappa shape index (κ2) is 12.8. The highest BCUT2D eigenvalue weighted by atomic mass is 79.9. The summed E-state index contributed by atoms with van der Waals surface area (Å²) in [7, 11) is 3.31. The predicted molar refractivity (Wildman–Crippen MR) is 162 cm³/mol. The average molecular weight is 636 g/mol. The minimum absolute atomic E-state index is 0.132. The van der Waals surface area contributed by atoms with Crippen LogP contribution in [-0.4, -0.2) is 20.0 Å². The monoisotopic (exact) mass is 634 g/mol. The summed E-state index contributed by atoms with van der Waals surface area (Å²) in [5, 5.41) is 0. The highest BCUT2D eigenvalue weighted by Crippen LogP contribution is 2.47. The van der Waals surface area contributed by atoms with Crippen molar-refractivity contribution in [2.45, 2.75) is 35.3 Å². The molecule has 0 aliphatic carbocycles. The van der Waals surface area contributed by atoms with Crippen molar-refractivity contribution >= 4 is 37.6 Å². The molecule has 0 saturated heterocycles. The number of carbonyl (C=O) groups is 1. The Hall–Kier alpha value is -2.89. The summed E-state index contributed by atoms with van der Waals surface area (Å²) in [6, 6.07) is 32.3. The van der Waals surface area contributed by atoms with Gasteiger partial charge in [0.2, 0.25) is 0 Å². The van der Waals surface area contributed by atoms with Gasteiger partial charge in [-0.3, -0.25) is 4.79 Å². The summed E-state index contributed by atoms with van der Waals surface area (Å²) in [6.07, 6.45) is 0. The maximum atomic E-state index is 14.8. The van der Waals surface area contributed by atoms with E-state index in [2.05, 4.69) is 94.2 Å². The standard InChI is InChI=1S/C33H32Br2O3/c1-21-5-9-23(10-6-21)29(31(34)25-13-17-27(37-3)18-14-25)33(36)30(24-11-7-22(2)8-12-24)32(35)26-15-19-28(38-4)20-16-26/h5-20,29-32H,1-4H3. The molecule has 3 nitrogen and oxygen atoms in total. The quantitative estimate of drug-likeness (QED) is 0.163. The molecule has 0 heterocycles. The lowest BCUT2D eigenvalue weighted by molar-refractivity contribution is -0.122. The van der Waals surface area contributed by atoms with Gasteiger partial charge in [-0.15, -0.1) is 0 Å². The summed E-state index contributed by atoms with van der Waals surface area (Å²) in [5.74, 6) is 0.851. The minimum atomic E-state index is -0.423. The molecule has 0 radical (unpaired) electrons. The molecular formula is C33H32Br2O3. The molecule has 4 aromatic carbocycles. The Morgan fingerprint density at radius 2 is 0.816 bits per heavy atom. The van der Waals surface area contributed by atoms with E-state index in [1.165, 1.54) is 0 Å². The molecule has 4 unspecified atom stereocenters. The number of benzene rings is 4. The Balaban J connectivity index is 1.82. The number of rotatable bonds is 10. The fraction of sp³-hybridized carbons (Fsp3) is 0.242. The van der Waals surface area contributed by atoms with Crippen molar-refractivity contribution in [1.29, 1.82) is 0 Å². The highest BCUT2D eigenvalue weighted by molar-refractivity contribution is 9.09. The second-order valence-corrected chi connectivity index (χ2v) is 11.5. The first kappa shape index (κ1) is 28.1. The molecule has 0 spiro atoms. The van der Waals surface area contributed by atoms with Crippen LogP contribution in [0.4, 0.5) is 0 Å². The molecule has 0 N–H and O–H groups in total. The van der Waals surface area contributed by atoms with E-state index in [-0.39, 0.29) is 15.4 Å². The number of ether oxygens (including phenoxy) is 2. The van der Waals surface area contributed by atoms with Gasteiger partial charge in [-0.25, -0.2) is 0 Å². The van der Waals surface area contributed by atoms with E-state index in [1.807, 2.05) is 48.5 Å².